The van der Waals surface area contributed by atoms with E-state index in [0.717, 1.165) is 11.1 Å². The predicted molar refractivity (Wildman–Crippen MR) is 125 cm³/mol. The minimum atomic E-state index is -0.393. The number of hydrogen-bond donors (Lipinski definition) is 0. The van der Waals surface area contributed by atoms with Crippen molar-refractivity contribution >= 4 is 57.9 Å². The number of carbonyl (C=O) groups is 2. The van der Waals surface area contributed by atoms with Crippen LogP contribution < -0.4 is 9.47 Å². The van der Waals surface area contributed by atoms with Gasteiger partial charge >= 0.3 is 5.97 Å². The number of thiocarbonyl (C=S) groups is 1. The number of esters is 1. The van der Waals surface area contributed by atoms with Gasteiger partial charge in [-0.1, -0.05) is 59.8 Å². The first-order chi connectivity index (χ1) is 14.9. The van der Waals surface area contributed by atoms with Crippen molar-refractivity contribution in [3.8, 4) is 11.5 Å². The number of carbonyl (C=O) groups excluding carboxylic acids is 2. The average molecular weight is 478 g/mol. The number of benzene rings is 2. The number of ether oxygens (including phenoxy) is 3. The molecule has 9 heteroatoms. The van der Waals surface area contributed by atoms with E-state index >= 15 is 0 Å². The van der Waals surface area contributed by atoms with Crippen LogP contribution in [0.2, 0.25) is 5.02 Å². The van der Waals surface area contributed by atoms with E-state index in [0.29, 0.717) is 32.4 Å². The van der Waals surface area contributed by atoms with Crippen LogP contribution in [0.5, 0.6) is 11.5 Å². The molecule has 0 aliphatic carbocycles. The number of hydrogen-bond acceptors (Lipinski definition) is 7. The molecule has 0 unspecified atom stereocenters. The van der Waals surface area contributed by atoms with Gasteiger partial charge in [0.1, 0.15) is 10.9 Å². The number of halogens is 1. The zero-order valence-electron chi connectivity index (χ0n) is 16.9. The Bertz CT molecular complexity index is 1040. The Morgan fingerprint density at radius 1 is 1.19 bits per heavy atom. The minimum absolute atomic E-state index is 0.0848. The van der Waals surface area contributed by atoms with Gasteiger partial charge in [0.05, 0.1) is 25.5 Å². The molecule has 0 radical (unpaired) electrons. The van der Waals surface area contributed by atoms with Gasteiger partial charge < -0.3 is 14.2 Å². The monoisotopic (exact) mass is 477 g/mol. The molecule has 1 fully saturated rings. The zero-order valence-corrected chi connectivity index (χ0v) is 19.3. The molecule has 1 aliphatic rings. The lowest BCUT2D eigenvalue weighted by atomic mass is 10.1. The van der Waals surface area contributed by atoms with Crippen molar-refractivity contribution in [2.75, 3.05) is 20.8 Å². The molecule has 2 aromatic carbocycles. The summed E-state index contributed by atoms with van der Waals surface area (Å²) in [5.41, 5.74) is 1.63. The highest BCUT2D eigenvalue weighted by Crippen LogP contribution is 2.35. The van der Waals surface area contributed by atoms with Crippen molar-refractivity contribution < 1.29 is 23.8 Å². The second-order valence-electron chi connectivity index (χ2n) is 6.45. The highest BCUT2D eigenvalue weighted by atomic mass is 35.5. The van der Waals surface area contributed by atoms with Gasteiger partial charge in [-0.15, -0.1) is 0 Å². The smallest absolute Gasteiger partial charge is 0.307 e. The molecule has 1 heterocycles. The fourth-order valence-electron chi connectivity index (χ4n) is 2.81. The summed E-state index contributed by atoms with van der Waals surface area (Å²) in [4.78, 5) is 25.9. The number of nitrogens with zero attached hydrogens (tertiary/aromatic N) is 1. The van der Waals surface area contributed by atoms with Gasteiger partial charge in [0, 0.05) is 17.1 Å². The maximum absolute atomic E-state index is 12.7. The third kappa shape index (κ3) is 5.78. The van der Waals surface area contributed by atoms with Crippen LogP contribution in [0.15, 0.2) is 47.4 Å². The maximum atomic E-state index is 12.7. The first kappa shape index (κ1) is 23.1. The molecule has 0 N–H and O–H groups in total. The van der Waals surface area contributed by atoms with Crippen molar-refractivity contribution in [2.45, 2.75) is 13.0 Å². The number of amides is 1. The third-order valence-electron chi connectivity index (χ3n) is 4.47. The molecule has 2 aromatic rings. The maximum Gasteiger partial charge on any atom is 0.307 e. The van der Waals surface area contributed by atoms with Gasteiger partial charge in [0.25, 0.3) is 5.91 Å². The number of methoxy groups -OCH3 is 2. The number of rotatable bonds is 8. The lowest BCUT2D eigenvalue weighted by molar-refractivity contribution is -0.140. The molecule has 1 amide bonds. The van der Waals surface area contributed by atoms with Crippen LogP contribution in [0, 0.1) is 0 Å². The molecular weight excluding hydrogens is 458 g/mol. The van der Waals surface area contributed by atoms with Crippen molar-refractivity contribution in [3.05, 3.63) is 63.5 Å². The van der Waals surface area contributed by atoms with Gasteiger partial charge in [-0.25, -0.2) is 0 Å². The van der Waals surface area contributed by atoms with E-state index in [-0.39, 0.29) is 18.9 Å². The Hall–Kier alpha value is -2.55. The fraction of sp³-hybridized carbons (Fsp3) is 0.227. The summed E-state index contributed by atoms with van der Waals surface area (Å²) in [5.74, 6) is 0.458. The zero-order chi connectivity index (χ0) is 22.4. The molecule has 0 aromatic heterocycles. The first-order valence-corrected chi connectivity index (χ1v) is 10.9. The summed E-state index contributed by atoms with van der Waals surface area (Å²) >= 11 is 12.6. The van der Waals surface area contributed by atoms with E-state index in [4.69, 9.17) is 33.3 Å². The normalized spacial score (nSPS) is 14.8. The summed E-state index contributed by atoms with van der Waals surface area (Å²) in [6.45, 7) is 0.487. The Balaban J connectivity index is 1.72. The quantitative estimate of drug-likeness (QED) is 0.310. The van der Waals surface area contributed by atoms with Crippen LogP contribution in [-0.2, 0) is 20.9 Å². The Morgan fingerprint density at radius 3 is 2.68 bits per heavy atom. The highest BCUT2D eigenvalue weighted by Gasteiger charge is 2.32. The molecule has 0 atom stereocenters. The van der Waals surface area contributed by atoms with Gasteiger partial charge in [0.2, 0.25) is 0 Å². The van der Waals surface area contributed by atoms with E-state index in [1.54, 1.807) is 25.3 Å². The van der Waals surface area contributed by atoms with Gasteiger partial charge in [0.15, 0.2) is 11.5 Å². The Labute approximate surface area is 195 Å². The predicted octanol–water partition coefficient (Wildman–Crippen LogP) is 4.69. The second-order valence-corrected chi connectivity index (χ2v) is 8.53. The second kappa shape index (κ2) is 10.7. The summed E-state index contributed by atoms with van der Waals surface area (Å²) in [6, 6.07) is 12.8. The standard InChI is InChI=1S/C22H20ClNO5S2/c1-27-18-11-14(7-8-17(18)29-13-15-5-3-4-6-16(15)23)12-19-21(26)24(22(30)31-19)10-9-20(25)28-2/h3-8,11-12H,9-10,13H2,1-2H3. The summed E-state index contributed by atoms with van der Waals surface area (Å²) in [6.07, 6.45) is 1.82. The number of thioether (sulfide) groups is 1. The molecule has 0 bridgehead atoms. The van der Waals surface area contributed by atoms with Gasteiger partial charge in [-0.3, -0.25) is 14.5 Å². The topological polar surface area (TPSA) is 65.1 Å². The van der Waals surface area contributed by atoms with Crippen LogP contribution in [0.1, 0.15) is 17.5 Å². The molecule has 6 nitrogen and oxygen atoms in total. The van der Waals surface area contributed by atoms with Crippen LogP contribution in [0.4, 0.5) is 0 Å². The van der Waals surface area contributed by atoms with Gasteiger partial charge in [-0.2, -0.15) is 0 Å². The fourth-order valence-corrected chi connectivity index (χ4v) is 4.31. The van der Waals surface area contributed by atoms with E-state index in [1.165, 1.54) is 23.8 Å². The molecule has 3 rings (SSSR count). The van der Waals surface area contributed by atoms with E-state index in [1.807, 2.05) is 30.3 Å². The molecular formula is C22H20ClNO5S2. The molecule has 1 saturated heterocycles. The van der Waals surface area contributed by atoms with Crippen molar-refractivity contribution in [1.82, 2.24) is 4.90 Å². The lowest BCUT2D eigenvalue weighted by Crippen LogP contribution is -2.30. The molecule has 31 heavy (non-hydrogen) atoms. The van der Waals surface area contributed by atoms with Crippen molar-refractivity contribution in [2.24, 2.45) is 0 Å². The minimum Gasteiger partial charge on any atom is -0.493 e. The molecule has 162 valence electrons. The van der Waals surface area contributed by atoms with Crippen LogP contribution in [-0.4, -0.2) is 41.9 Å². The van der Waals surface area contributed by atoms with E-state index < -0.39 is 5.97 Å². The third-order valence-corrected chi connectivity index (χ3v) is 6.21. The SMILES string of the molecule is COC(=O)CCN1C(=O)C(=Cc2ccc(OCc3ccccc3Cl)c(OC)c2)SC1=S. The Kier molecular flexibility index (Phi) is 7.95. The average Bonchev–Trinajstić information content (AvgIpc) is 3.04. The van der Waals surface area contributed by atoms with Crippen molar-refractivity contribution in [1.29, 1.82) is 0 Å². The summed E-state index contributed by atoms with van der Waals surface area (Å²) in [5, 5.41) is 0.632. The Morgan fingerprint density at radius 2 is 1.97 bits per heavy atom. The molecule has 0 spiro atoms. The first-order valence-electron chi connectivity index (χ1n) is 9.29. The van der Waals surface area contributed by atoms with Crippen molar-refractivity contribution in [3.63, 3.8) is 0 Å². The van der Waals surface area contributed by atoms with Crippen LogP contribution in [0.3, 0.4) is 0 Å². The van der Waals surface area contributed by atoms with E-state index in [2.05, 4.69) is 4.74 Å². The summed E-state index contributed by atoms with van der Waals surface area (Å²) in [7, 11) is 2.86. The highest BCUT2D eigenvalue weighted by molar-refractivity contribution is 8.26. The molecule has 0 saturated carbocycles. The largest absolute Gasteiger partial charge is 0.493 e. The summed E-state index contributed by atoms with van der Waals surface area (Å²) < 4.78 is 16.3. The van der Waals surface area contributed by atoms with Crippen LogP contribution >= 0.6 is 35.6 Å². The van der Waals surface area contributed by atoms with Crippen LogP contribution in [0.25, 0.3) is 6.08 Å². The van der Waals surface area contributed by atoms with E-state index in [9.17, 15) is 9.59 Å². The lowest BCUT2D eigenvalue weighted by Gasteiger charge is -2.13. The molecule has 1 aliphatic heterocycles. The van der Waals surface area contributed by atoms with Gasteiger partial charge in [-0.05, 0) is 29.8 Å².